The molecule has 0 aliphatic heterocycles. The average molecular weight is 393 g/mol. The third kappa shape index (κ3) is 5.61. The molecule has 1 nitrogen and oxygen atoms in total. The molecule has 0 saturated heterocycles. The summed E-state index contributed by atoms with van der Waals surface area (Å²) in [6, 6.07) is 6.03. The standard InChI is InChI=1S/C15H21N.2Y/c1-6-11(7-2)13-10-12(15(3,4)5)8-9-14(13)16;;/h8-10,16H,1-2,6-7H2,3-5H3;;/q-4;;. The Hall–Kier alpha value is 1.10. The first kappa shape index (κ1) is 21.4. The van der Waals surface area contributed by atoms with Gasteiger partial charge in [-0.15, -0.1) is 6.07 Å². The second kappa shape index (κ2) is 9.11. The number of hydrogen-bond acceptors (Lipinski definition) is 0. The number of benzene rings is 1. The Labute approximate surface area is 163 Å². The van der Waals surface area contributed by atoms with Gasteiger partial charge in [0.15, 0.2) is 0 Å². The molecule has 18 heavy (non-hydrogen) atoms. The van der Waals surface area contributed by atoms with E-state index in [0.29, 0.717) is 5.69 Å². The second-order valence-corrected chi connectivity index (χ2v) is 5.11. The van der Waals surface area contributed by atoms with E-state index in [0.717, 1.165) is 24.3 Å². The van der Waals surface area contributed by atoms with Crippen LogP contribution in [0, 0.1) is 19.8 Å². The molecule has 1 aromatic carbocycles. The van der Waals surface area contributed by atoms with Crippen molar-refractivity contribution in [2.75, 3.05) is 0 Å². The van der Waals surface area contributed by atoms with E-state index in [4.69, 9.17) is 5.73 Å². The van der Waals surface area contributed by atoms with Gasteiger partial charge in [0.05, 0.1) is 0 Å². The summed E-state index contributed by atoms with van der Waals surface area (Å²) >= 11 is 0. The van der Waals surface area contributed by atoms with Gasteiger partial charge in [-0.2, -0.15) is 6.07 Å². The normalized spacial score (nSPS) is 10.3. The molecule has 1 rings (SSSR count). The van der Waals surface area contributed by atoms with Crippen molar-refractivity contribution in [3.05, 3.63) is 54.8 Å². The van der Waals surface area contributed by atoms with Crippen LogP contribution >= 0.6 is 0 Å². The molecular formula is C15H21NY2-4. The summed E-state index contributed by atoms with van der Waals surface area (Å²) in [6.45, 7) is 14.4. The Morgan fingerprint density at radius 2 is 1.61 bits per heavy atom. The van der Waals surface area contributed by atoms with Crippen LogP contribution in [0.5, 0.6) is 0 Å². The van der Waals surface area contributed by atoms with Gasteiger partial charge in [0.25, 0.3) is 0 Å². The summed E-state index contributed by atoms with van der Waals surface area (Å²) in [5.41, 5.74) is 10.9. The van der Waals surface area contributed by atoms with Crippen molar-refractivity contribution in [2.24, 2.45) is 0 Å². The van der Waals surface area contributed by atoms with E-state index in [1.54, 1.807) is 0 Å². The van der Waals surface area contributed by atoms with Crippen LogP contribution in [0.4, 0.5) is 5.69 Å². The summed E-state index contributed by atoms with van der Waals surface area (Å²) in [5.74, 6) is 1.16. The Balaban J connectivity index is 0. The van der Waals surface area contributed by atoms with Gasteiger partial charge in [-0.1, -0.05) is 32.4 Å². The molecule has 0 fully saturated rings. The largest absolute Gasteiger partial charge is 0.756 e. The van der Waals surface area contributed by atoms with Crippen LogP contribution in [0.25, 0.3) is 5.73 Å². The maximum atomic E-state index is 7.93. The van der Waals surface area contributed by atoms with Crippen molar-refractivity contribution in [1.82, 2.24) is 0 Å². The van der Waals surface area contributed by atoms with Crippen molar-refractivity contribution >= 4 is 5.69 Å². The van der Waals surface area contributed by atoms with E-state index in [1.165, 1.54) is 5.56 Å². The van der Waals surface area contributed by atoms with E-state index in [2.05, 4.69) is 40.7 Å². The molecule has 2 radical (unpaired) electrons. The topological polar surface area (TPSA) is 23.8 Å². The zero-order valence-corrected chi connectivity index (χ0v) is 17.4. The summed E-state index contributed by atoms with van der Waals surface area (Å²) < 4.78 is 0. The van der Waals surface area contributed by atoms with E-state index < -0.39 is 0 Å². The van der Waals surface area contributed by atoms with Crippen LogP contribution in [0.15, 0.2) is 18.2 Å². The summed E-state index contributed by atoms with van der Waals surface area (Å²) in [6.07, 6.45) is 1.45. The van der Waals surface area contributed by atoms with Crippen molar-refractivity contribution in [2.45, 2.75) is 39.0 Å². The smallest absolute Gasteiger partial charge is 0 e. The maximum Gasteiger partial charge on any atom is 0 e. The molecule has 3 heteroatoms. The van der Waals surface area contributed by atoms with E-state index in [1.807, 2.05) is 12.1 Å². The van der Waals surface area contributed by atoms with Crippen molar-refractivity contribution in [3.63, 3.8) is 0 Å². The monoisotopic (exact) mass is 393 g/mol. The fraction of sp³-hybridized carbons (Fsp3) is 0.400. The summed E-state index contributed by atoms with van der Waals surface area (Å²) in [4.78, 5) is 0. The molecular weight excluding hydrogens is 372 g/mol. The van der Waals surface area contributed by atoms with Gasteiger partial charge in [-0.05, 0) is 5.41 Å². The number of rotatable bonds is 3. The molecule has 0 heterocycles. The third-order valence-electron chi connectivity index (χ3n) is 2.87. The van der Waals surface area contributed by atoms with E-state index in [9.17, 15) is 0 Å². The number of hydrogen-bond donors (Lipinski definition) is 0. The first-order valence-electron chi connectivity index (χ1n) is 5.70. The van der Waals surface area contributed by atoms with E-state index in [-0.39, 0.29) is 70.8 Å². The first-order chi connectivity index (χ1) is 7.40. The van der Waals surface area contributed by atoms with Crippen LogP contribution < -0.4 is 0 Å². The molecule has 0 aliphatic rings. The molecule has 0 aromatic heterocycles. The Kier molecular flexibility index (Phi) is 10.8. The van der Waals surface area contributed by atoms with Gasteiger partial charge in [0, 0.05) is 65.4 Å². The van der Waals surface area contributed by atoms with E-state index >= 15 is 0 Å². The molecule has 0 atom stereocenters. The SMILES string of the molecule is [CH2-]C[C-](C[CH2-])c1cc(C(C)(C)C)ccc1[NH-].[Y].[Y]. The van der Waals surface area contributed by atoms with Crippen LogP contribution in [0.1, 0.15) is 44.7 Å². The van der Waals surface area contributed by atoms with Crippen LogP contribution in [0.2, 0.25) is 0 Å². The fourth-order valence-corrected chi connectivity index (χ4v) is 1.70. The molecule has 1 N–H and O–H groups in total. The number of nitrogens with one attached hydrogen (secondary N) is 1. The van der Waals surface area contributed by atoms with Gasteiger partial charge in [0.1, 0.15) is 0 Å². The quantitative estimate of drug-likeness (QED) is 0.644. The van der Waals surface area contributed by atoms with Gasteiger partial charge in [-0.25, -0.2) is 24.3 Å². The minimum atomic E-state index is 0. The van der Waals surface area contributed by atoms with Gasteiger partial charge < -0.3 is 19.6 Å². The summed E-state index contributed by atoms with van der Waals surface area (Å²) in [5, 5.41) is 0. The molecule has 0 spiro atoms. The Morgan fingerprint density at radius 1 is 1.11 bits per heavy atom. The molecule has 96 valence electrons. The summed E-state index contributed by atoms with van der Waals surface area (Å²) in [7, 11) is 0. The Bertz CT molecular complexity index is 352. The van der Waals surface area contributed by atoms with Crippen LogP contribution in [-0.2, 0) is 70.8 Å². The molecule has 0 bridgehead atoms. The molecule has 0 unspecified atom stereocenters. The minimum absolute atomic E-state index is 0. The van der Waals surface area contributed by atoms with Crippen molar-refractivity contribution < 1.29 is 65.4 Å². The predicted molar refractivity (Wildman–Crippen MR) is 71.4 cm³/mol. The fourth-order valence-electron chi connectivity index (χ4n) is 1.70. The predicted octanol–water partition coefficient (Wildman–Crippen LogP) is 5.03. The van der Waals surface area contributed by atoms with Gasteiger partial charge in [-0.3, -0.25) is 5.69 Å². The third-order valence-corrected chi connectivity index (χ3v) is 2.87. The van der Waals surface area contributed by atoms with Gasteiger partial charge in [0.2, 0.25) is 0 Å². The zero-order valence-electron chi connectivity index (χ0n) is 11.7. The average Bonchev–Trinajstić information content (AvgIpc) is 2.20. The molecule has 0 amide bonds. The van der Waals surface area contributed by atoms with Crippen molar-refractivity contribution in [1.29, 1.82) is 0 Å². The van der Waals surface area contributed by atoms with Crippen molar-refractivity contribution in [3.8, 4) is 0 Å². The van der Waals surface area contributed by atoms with Crippen LogP contribution in [0.3, 0.4) is 0 Å². The maximum absolute atomic E-state index is 7.93. The minimum Gasteiger partial charge on any atom is -0.756 e. The zero-order chi connectivity index (χ0) is 12.3. The second-order valence-electron chi connectivity index (χ2n) is 5.11. The molecule has 0 saturated carbocycles. The Morgan fingerprint density at radius 3 is 2.00 bits per heavy atom. The molecule has 0 aliphatic carbocycles. The van der Waals surface area contributed by atoms with Gasteiger partial charge >= 0.3 is 0 Å². The van der Waals surface area contributed by atoms with Crippen LogP contribution in [-0.4, -0.2) is 0 Å². The first-order valence-corrected chi connectivity index (χ1v) is 5.70. The molecule has 1 aromatic rings.